The molecule has 0 aromatic heterocycles. The van der Waals surface area contributed by atoms with E-state index in [-0.39, 0.29) is 34.4 Å². The minimum Gasteiger partial charge on any atom is -0.478 e. The van der Waals surface area contributed by atoms with E-state index >= 15 is 0 Å². The first-order valence-corrected chi connectivity index (χ1v) is 10.5. The maximum Gasteiger partial charge on any atom is 0.335 e. The van der Waals surface area contributed by atoms with E-state index < -0.39 is 11.9 Å². The van der Waals surface area contributed by atoms with E-state index in [1.54, 1.807) is 18.2 Å². The standard InChI is InChI=1S/C22H16Cl3NO4/c23-14-8-7-11(22(29)30)9-17(14)26-16-5-2-6-18(27)20(16)13(10-19(26)28)12-3-1-4-15(24)21(12)25/h1,3-4,7-9,13H,2,5-6,10H2,(H,29,30). The Morgan fingerprint density at radius 2 is 1.80 bits per heavy atom. The molecule has 2 aliphatic rings. The van der Waals surface area contributed by atoms with Gasteiger partial charge in [0.05, 0.1) is 26.3 Å². The Bertz CT molecular complexity index is 1130. The summed E-state index contributed by atoms with van der Waals surface area (Å²) in [7, 11) is 0. The summed E-state index contributed by atoms with van der Waals surface area (Å²) >= 11 is 18.9. The van der Waals surface area contributed by atoms with Gasteiger partial charge in [-0.1, -0.05) is 46.9 Å². The number of hydrogen-bond acceptors (Lipinski definition) is 3. The molecule has 0 bridgehead atoms. The molecular formula is C22H16Cl3NO4. The third-order valence-electron chi connectivity index (χ3n) is 5.47. The average Bonchev–Trinajstić information content (AvgIpc) is 2.70. The number of carboxylic acid groups (broad SMARTS) is 1. The maximum absolute atomic E-state index is 13.3. The number of carboxylic acids is 1. The molecule has 8 heteroatoms. The van der Waals surface area contributed by atoms with Crippen molar-refractivity contribution in [2.75, 3.05) is 4.90 Å². The number of halogens is 3. The van der Waals surface area contributed by atoms with E-state index in [2.05, 4.69) is 0 Å². The summed E-state index contributed by atoms with van der Waals surface area (Å²) in [6, 6.07) is 9.34. The van der Waals surface area contributed by atoms with E-state index in [0.717, 1.165) is 0 Å². The van der Waals surface area contributed by atoms with Gasteiger partial charge in [-0.2, -0.15) is 0 Å². The van der Waals surface area contributed by atoms with Crippen LogP contribution in [-0.4, -0.2) is 22.8 Å². The Labute approximate surface area is 187 Å². The van der Waals surface area contributed by atoms with Crippen LogP contribution in [0.15, 0.2) is 47.7 Å². The first-order valence-electron chi connectivity index (χ1n) is 9.35. The number of rotatable bonds is 3. The Hall–Kier alpha value is -2.34. The van der Waals surface area contributed by atoms with Crippen LogP contribution in [0.2, 0.25) is 15.1 Å². The second-order valence-corrected chi connectivity index (χ2v) is 8.43. The number of anilines is 1. The fraction of sp³-hybridized carbons (Fsp3) is 0.227. The molecule has 0 spiro atoms. The molecule has 0 saturated heterocycles. The highest BCUT2D eigenvalue weighted by molar-refractivity contribution is 6.42. The summed E-state index contributed by atoms with van der Waals surface area (Å²) in [5.74, 6) is -1.98. The van der Waals surface area contributed by atoms with Crippen LogP contribution in [0, 0.1) is 0 Å². The van der Waals surface area contributed by atoms with Gasteiger partial charge >= 0.3 is 5.97 Å². The minimum atomic E-state index is -1.13. The highest BCUT2D eigenvalue weighted by Crippen LogP contribution is 2.47. The molecule has 154 valence electrons. The predicted octanol–water partition coefficient (Wildman–Crippen LogP) is 5.87. The second-order valence-electron chi connectivity index (χ2n) is 7.24. The van der Waals surface area contributed by atoms with Crippen LogP contribution in [0.4, 0.5) is 5.69 Å². The Morgan fingerprint density at radius 3 is 2.53 bits per heavy atom. The fourth-order valence-electron chi connectivity index (χ4n) is 4.14. The van der Waals surface area contributed by atoms with E-state index in [1.807, 2.05) is 0 Å². The molecule has 1 aliphatic carbocycles. The van der Waals surface area contributed by atoms with Crippen molar-refractivity contribution in [3.05, 3.63) is 73.9 Å². The number of hydrogen-bond donors (Lipinski definition) is 1. The number of carbonyl (C=O) groups is 3. The number of ketones is 1. The van der Waals surface area contributed by atoms with Gasteiger partial charge < -0.3 is 5.11 Å². The predicted molar refractivity (Wildman–Crippen MR) is 116 cm³/mol. The van der Waals surface area contributed by atoms with Crippen molar-refractivity contribution in [1.29, 1.82) is 0 Å². The number of aromatic carboxylic acids is 1. The van der Waals surface area contributed by atoms with Crippen LogP contribution in [-0.2, 0) is 9.59 Å². The van der Waals surface area contributed by atoms with Gasteiger partial charge in [0.1, 0.15) is 0 Å². The molecule has 4 rings (SSSR count). The lowest BCUT2D eigenvalue weighted by atomic mass is 9.77. The summed E-state index contributed by atoms with van der Waals surface area (Å²) in [6.07, 6.45) is 1.46. The molecule has 0 fully saturated rings. The second kappa shape index (κ2) is 8.06. The molecule has 1 N–H and O–H groups in total. The Balaban J connectivity index is 1.92. The van der Waals surface area contributed by atoms with Crippen molar-refractivity contribution >= 4 is 58.1 Å². The molecule has 1 atom stereocenters. The van der Waals surface area contributed by atoms with Gasteiger partial charge in [-0.05, 0) is 42.7 Å². The third-order valence-corrected chi connectivity index (χ3v) is 6.62. The van der Waals surface area contributed by atoms with Crippen molar-refractivity contribution in [2.24, 2.45) is 0 Å². The Kier molecular flexibility index (Phi) is 5.62. The lowest BCUT2D eigenvalue weighted by Gasteiger charge is -2.39. The van der Waals surface area contributed by atoms with Gasteiger partial charge in [-0.3, -0.25) is 14.5 Å². The molecule has 5 nitrogen and oxygen atoms in total. The highest BCUT2D eigenvalue weighted by atomic mass is 35.5. The monoisotopic (exact) mass is 463 g/mol. The molecule has 0 radical (unpaired) electrons. The lowest BCUT2D eigenvalue weighted by Crippen LogP contribution is -2.40. The third kappa shape index (κ3) is 3.51. The number of Topliss-reactive ketones (excluding diaryl/α,β-unsaturated/α-hetero) is 1. The maximum atomic E-state index is 13.3. The van der Waals surface area contributed by atoms with Gasteiger partial charge in [0.2, 0.25) is 5.91 Å². The van der Waals surface area contributed by atoms with Gasteiger partial charge in [0.25, 0.3) is 0 Å². The number of carbonyl (C=O) groups excluding carboxylic acids is 2. The molecule has 30 heavy (non-hydrogen) atoms. The SMILES string of the molecule is O=C1CCCC2=C1C(c1cccc(Cl)c1Cl)CC(=O)N2c1cc(C(=O)O)ccc1Cl. The van der Waals surface area contributed by atoms with Crippen molar-refractivity contribution in [3.63, 3.8) is 0 Å². The largest absolute Gasteiger partial charge is 0.478 e. The quantitative estimate of drug-likeness (QED) is 0.616. The van der Waals surface area contributed by atoms with Crippen molar-refractivity contribution in [1.82, 2.24) is 0 Å². The van der Waals surface area contributed by atoms with Gasteiger partial charge in [0.15, 0.2) is 5.78 Å². The molecule has 2 aromatic carbocycles. The van der Waals surface area contributed by atoms with Crippen molar-refractivity contribution in [3.8, 4) is 0 Å². The van der Waals surface area contributed by atoms with Crippen LogP contribution in [0.25, 0.3) is 0 Å². The zero-order valence-electron chi connectivity index (χ0n) is 15.6. The number of allylic oxidation sites excluding steroid dienone is 2. The zero-order valence-corrected chi connectivity index (χ0v) is 17.9. The number of benzene rings is 2. The van der Waals surface area contributed by atoms with Crippen LogP contribution in [0.5, 0.6) is 0 Å². The summed E-state index contributed by atoms with van der Waals surface area (Å²) < 4.78 is 0. The van der Waals surface area contributed by atoms with Crippen LogP contribution >= 0.6 is 34.8 Å². The average molecular weight is 465 g/mol. The smallest absolute Gasteiger partial charge is 0.335 e. The summed E-state index contributed by atoms with van der Waals surface area (Å²) in [5, 5.41) is 10.3. The minimum absolute atomic E-state index is 0.00172. The zero-order chi connectivity index (χ0) is 21.6. The van der Waals surface area contributed by atoms with Crippen LogP contribution < -0.4 is 4.90 Å². The topological polar surface area (TPSA) is 74.7 Å². The first-order chi connectivity index (χ1) is 14.3. The van der Waals surface area contributed by atoms with Crippen molar-refractivity contribution < 1.29 is 19.5 Å². The lowest BCUT2D eigenvalue weighted by molar-refractivity contribution is -0.119. The molecule has 1 amide bonds. The van der Waals surface area contributed by atoms with Crippen molar-refractivity contribution in [2.45, 2.75) is 31.6 Å². The normalized spacial score (nSPS) is 19.2. The van der Waals surface area contributed by atoms with E-state index in [1.165, 1.54) is 23.1 Å². The molecule has 1 heterocycles. The van der Waals surface area contributed by atoms with E-state index in [4.69, 9.17) is 34.8 Å². The molecule has 2 aromatic rings. The molecule has 0 saturated carbocycles. The summed E-state index contributed by atoms with van der Waals surface area (Å²) in [6.45, 7) is 0. The fourth-order valence-corrected chi connectivity index (χ4v) is 4.79. The highest BCUT2D eigenvalue weighted by Gasteiger charge is 2.41. The van der Waals surface area contributed by atoms with E-state index in [0.29, 0.717) is 46.1 Å². The van der Waals surface area contributed by atoms with Crippen LogP contribution in [0.3, 0.4) is 0 Å². The first kappa shape index (κ1) is 20.9. The molecular weight excluding hydrogens is 449 g/mol. The summed E-state index contributed by atoms with van der Waals surface area (Å²) in [5.41, 5.74) is 1.96. The Morgan fingerprint density at radius 1 is 1.03 bits per heavy atom. The van der Waals surface area contributed by atoms with Gasteiger partial charge in [-0.15, -0.1) is 0 Å². The van der Waals surface area contributed by atoms with E-state index in [9.17, 15) is 19.5 Å². The molecule has 1 unspecified atom stereocenters. The summed E-state index contributed by atoms with van der Waals surface area (Å²) in [4.78, 5) is 39.1. The van der Waals surface area contributed by atoms with Gasteiger partial charge in [-0.25, -0.2) is 4.79 Å². The molecule has 1 aliphatic heterocycles. The van der Waals surface area contributed by atoms with Crippen LogP contribution in [0.1, 0.15) is 47.5 Å². The number of amides is 1. The van der Waals surface area contributed by atoms with Gasteiger partial charge in [0, 0.05) is 30.0 Å². The number of nitrogens with zero attached hydrogens (tertiary/aromatic N) is 1.